The van der Waals surface area contributed by atoms with E-state index in [1.807, 2.05) is 0 Å². The zero-order valence-electron chi connectivity index (χ0n) is 14.9. The Labute approximate surface area is 151 Å². The fraction of sp³-hybridized carbons (Fsp3) is 0.444. The first-order chi connectivity index (χ1) is 12.4. The SMILES string of the molecule is CCOC(=O)C1(C(=O)OCC)CCC(=O)N1c1ccc(C(=O)OC)cc1. The molecule has 0 unspecified atom stereocenters. The van der Waals surface area contributed by atoms with Gasteiger partial charge in [-0.3, -0.25) is 9.69 Å². The second kappa shape index (κ2) is 7.99. The van der Waals surface area contributed by atoms with Crippen LogP contribution in [-0.2, 0) is 28.6 Å². The Morgan fingerprint density at radius 3 is 2.04 bits per heavy atom. The summed E-state index contributed by atoms with van der Waals surface area (Å²) in [5, 5.41) is 0. The molecule has 0 bridgehead atoms. The van der Waals surface area contributed by atoms with E-state index in [1.54, 1.807) is 13.8 Å². The minimum absolute atomic E-state index is 0.00359. The number of anilines is 1. The summed E-state index contributed by atoms with van der Waals surface area (Å²) in [7, 11) is 1.26. The normalized spacial score (nSPS) is 15.5. The topological polar surface area (TPSA) is 99.2 Å². The molecule has 1 aliphatic heterocycles. The van der Waals surface area contributed by atoms with Gasteiger partial charge in [0.05, 0.1) is 25.9 Å². The Morgan fingerprint density at radius 2 is 1.58 bits per heavy atom. The van der Waals surface area contributed by atoms with E-state index in [4.69, 9.17) is 9.47 Å². The molecule has 0 atom stereocenters. The molecule has 1 aromatic carbocycles. The second-order valence-electron chi connectivity index (χ2n) is 5.57. The van der Waals surface area contributed by atoms with Gasteiger partial charge in [-0.25, -0.2) is 14.4 Å². The van der Waals surface area contributed by atoms with Crippen LogP contribution in [0.5, 0.6) is 0 Å². The van der Waals surface area contributed by atoms with Gasteiger partial charge in [0.25, 0.3) is 0 Å². The number of carbonyl (C=O) groups excluding carboxylic acids is 4. The Balaban J connectivity index is 2.50. The van der Waals surface area contributed by atoms with Crippen molar-refractivity contribution >= 4 is 29.5 Å². The van der Waals surface area contributed by atoms with Crippen LogP contribution in [0.2, 0.25) is 0 Å². The fourth-order valence-corrected chi connectivity index (χ4v) is 2.92. The maximum atomic E-state index is 12.6. The molecule has 0 aromatic heterocycles. The third-order valence-corrected chi connectivity index (χ3v) is 4.10. The number of carbonyl (C=O) groups is 4. The van der Waals surface area contributed by atoms with Gasteiger partial charge < -0.3 is 14.2 Å². The number of benzene rings is 1. The Bertz CT molecular complexity index is 693. The molecule has 0 radical (unpaired) electrons. The predicted octanol–water partition coefficient (Wildman–Crippen LogP) is 1.46. The van der Waals surface area contributed by atoms with Crippen molar-refractivity contribution in [2.75, 3.05) is 25.2 Å². The van der Waals surface area contributed by atoms with Gasteiger partial charge >= 0.3 is 17.9 Å². The van der Waals surface area contributed by atoms with Crippen LogP contribution in [-0.4, -0.2) is 49.7 Å². The monoisotopic (exact) mass is 363 g/mol. The summed E-state index contributed by atoms with van der Waals surface area (Å²) in [6, 6.07) is 5.85. The highest BCUT2D eigenvalue weighted by atomic mass is 16.6. The Morgan fingerprint density at radius 1 is 1.04 bits per heavy atom. The molecule has 0 aliphatic carbocycles. The lowest BCUT2D eigenvalue weighted by Gasteiger charge is -2.33. The van der Waals surface area contributed by atoms with Crippen LogP contribution in [0, 0.1) is 0 Å². The maximum absolute atomic E-state index is 12.6. The van der Waals surface area contributed by atoms with E-state index < -0.39 is 29.4 Å². The second-order valence-corrected chi connectivity index (χ2v) is 5.57. The number of ether oxygens (including phenoxy) is 3. The zero-order valence-corrected chi connectivity index (χ0v) is 14.9. The van der Waals surface area contributed by atoms with Crippen molar-refractivity contribution in [3.63, 3.8) is 0 Å². The number of methoxy groups -OCH3 is 1. The largest absolute Gasteiger partial charge is 0.465 e. The van der Waals surface area contributed by atoms with Gasteiger partial charge in [0.1, 0.15) is 0 Å². The van der Waals surface area contributed by atoms with Gasteiger partial charge in [-0.2, -0.15) is 0 Å². The van der Waals surface area contributed by atoms with E-state index in [0.29, 0.717) is 5.69 Å². The predicted molar refractivity (Wildman–Crippen MR) is 90.5 cm³/mol. The van der Waals surface area contributed by atoms with Crippen LogP contribution in [0.25, 0.3) is 0 Å². The van der Waals surface area contributed by atoms with E-state index >= 15 is 0 Å². The quantitative estimate of drug-likeness (QED) is 0.429. The molecule has 26 heavy (non-hydrogen) atoms. The smallest absolute Gasteiger partial charge is 0.344 e. The summed E-state index contributed by atoms with van der Waals surface area (Å²) in [5.41, 5.74) is -1.29. The number of rotatable bonds is 6. The van der Waals surface area contributed by atoms with Gasteiger partial charge in [0.15, 0.2) is 0 Å². The molecule has 1 heterocycles. The van der Waals surface area contributed by atoms with Crippen molar-refractivity contribution < 1.29 is 33.4 Å². The van der Waals surface area contributed by atoms with Crippen LogP contribution in [0.1, 0.15) is 37.0 Å². The summed E-state index contributed by atoms with van der Waals surface area (Å²) >= 11 is 0. The maximum Gasteiger partial charge on any atom is 0.344 e. The van der Waals surface area contributed by atoms with Crippen molar-refractivity contribution in [1.82, 2.24) is 0 Å². The van der Waals surface area contributed by atoms with Gasteiger partial charge in [0.2, 0.25) is 11.4 Å². The standard InChI is InChI=1S/C18H21NO7/c1-4-25-16(22)18(17(23)26-5-2)11-10-14(20)19(18)13-8-6-12(7-9-13)15(21)24-3/h6-9H,4-5,10-11H2,1-3H3. The first-order valence-corrected chi connectivity index (χ1v) is 8.28. The van der Waals surface area contributed by atoms with E-state index in [-0.39, 0.29) is 31.6 Å². The molecule has 1 saturated heterocycles. The number of esters is 3. The van der Waals surface area contributed by atoms with Crippen molar-refractivity contribution in [3.8, 4) is 0 Å². The lowest BCUT2D eigenvalue weighted by Crippen LogP contribution is -2.59. The van der Waals surface area contributed by atoms with Crippen LogP contribution in [0.15, 0.2) is 24.3 Å². The summed E-state index contributed by atoms with van der Waals surface area (Å²) < 4.78 is 14.8. The number of nitrogens with zero attached hydrogens (tertiary/aromatic N) is 1. The third-order valence-electron chi connectivity index (χ3n) is 4.10. The summed E-state index contributed by atoms with van der Waals surface area (Å²) in [5.74, 6) is -2.61. The molecule has 0 saturated carbocycles. The van der Waals surface area contributed by atoms with Crippen molar-refractivity contribution in [2.45, 2.75) is 32.2 Å². The summed E-state index contributed by atoms with van der Waals surface area (Å²) in [6.45, 7) is 3.35. The van der Waals surface area contributed by atoms with E-state index in [2.05, 4.69) is 4.74 Å². The molecular weight excluding hydrogens is 342 g/mol. The average molecular weight is 363 g/mol. The van der Waals surface area contributed by atoms with Gasteiger partial charge in [-0.05, 0) is 38.1 Å². The molecule has 8 nitrogen and oxygen atoms in total. The van der Waals surface area contributed by atoms with Crippen LogP contribution in [0.3, 0.4) is 0 Å². The van der Waals surface area contributed by atoms with Crippen LogP contribution < -0.4 is 4.90 Å². The molecule has 8 heteroatoms. The average Bonchev–Trinajstić information content (AvgIpc) is 3.00. The summed E-state index contributed by atoms with van der Waals surface area (Å²) in [4.78, 5) is 50.5. The number of hydrogen-bond donors (Lipinski definition) is 0. The van der Waals surface area contributed by atoms with Gasteiger partial charge in [0, 0.05) is 18.5 Å². The molecule has 140 valence electrons. The van der Waals surface area contributed by atoms with Crippen molar-refractivity contribution in [1.29, 1.82) is 0 Å². The summed E-state index contributed by atoms with van der Waals surface area (Å²) in [6.07, 6.45) is -0.0430. The highest BCUT2D eigenvalue weighted by Crippen LogP contribution is 2.37. The lowest BCUT2D eigenvalue weighted by molar-refractivity contribution is -0.164. The molecule has 1 amide bonds. The van der Waals surface area contributed by atoms with Crippen molar-refractivity contribution in [2.24, 2.45) is 0 Å². The van der Waals surface area contributed by atoms with Crippen LogP contribution in [0.4, 0.5) is 5.69 Å². The molecular formula is C18H21NO7. The number of amides is 1. The van der Waals surface area contributed by atoms with Crippen molar-refractivity contribution in [3.05, 3.63) is 29.8 Å². The first-order valence-electron chi connectivity index (χ1n) is 8.28. The zero-order chi connectivity index (χ0) is 19.3. The van der Waals surface area contributed by atoms with Crippen LogP contribution >= 0.6 is 0 Å². The fourth-order valence-electron chi connectivity index (χ4n) is 2.92. The molecule has 1 aromatic rings. The minimum atomic E-state index is -1.87. The first kappa shape index (κ1) is 19.4. The number of hydrogen-bond acceptors (Lipinski definition) is 7. The van der Waals surface area contributed by atoms with E-state index in [0.717, 1.165) is 4.90 Å². The highest BCUT2D eigenvalue weighted by Gasteiger charge is 2.60. The van der Waals surface area contributed by atoms with E-state index in [9.17, 15) is 19.2 Å². The molecule has 0 N–H and O–H groups in total. The molecule has 2 rings (SSSR count). The molecule has 1 fully saturated rings. The third kappa shape index (κ3) is 3.26. The Hall–Kier alpha value is -2.90. The van der Waals surface area contributed by atoms with Gasteiger partial charge in [-0.15, -0.1) is 0 Å². The lowest BCUT2D eigenvalue weighted by atomic mass is 9.95. The molecule has 0 spiro atoms. The Kier molecular flexibility index (Phi) is 5.97. The molecule has 1 aliphatic rings. The minimum Gasteiger partial charge on any atom is -0.465 e. The van der Waals surface area contributed by atoms with E-state index in [1.165, 1.54) is 31.4 Å². The van der Waals surface area contributed by atoms with Gasteiger partial charge in [-0.1, -0.05) is 0 Å². The highest BCUT2D eigenvalue weighted by molar-refractivity contribution is 6.18.